The highest BCUT2D eigenvalue weighted by Crippen LogP contribution is 2.18. The van der Waals surface area contributed by atoms with Crippen LogP contribution >= 0.6 is 11.6 Å². The Bertz CT molecular complexity index is 425. The van der Waals surface area contributed by atoms with Gasteiger partial charge < -0.3 is 5.32 Å². The predicted octanol–water partition coefficient (Wildman–Crippen LogP) is 3.75. The van der Waals surface area contributed by atoms with E-state index in [4.69, 9.17) is 11.6 Å². The van der Waals surface area contributed by atoms with E-state index in [2.05, 4.69) is 5.32 Å². The van der Waals surface area contributed by atoms with Crippen molar-refractivity contribution in [3.63, 3.8) is 0 Å². The standard InChI is InChI=1S/C15H20ClNO/c1-11-9-12(7-8-14(11)16)15(18)10-17-13-5-3-2-4-6-13/h7-9,13,17H,2-6,10H2,1H3. The number of carbonyl (C=O) groups excluding carboxylic acids is 1. The van der Waals surface area contributed by atoms with Gasteiger partial charge in [0.1, 0.15) is 0 Å². The Morgan fingerprint density at radius 2 is 2.06 bits per heavy atom. The van der Waals surface area contributed by atoms with Crippen LogP contribution in [0.1, 0.15) is 48.0 Å². The van der Waals surface area contributed by atoms with Crippen LogP contribution in [-0.2, 0) is 0 Å². The number of aryl methyl sites for hydroxylation is 1. The molecule has 18 heavy (non-hydrogen) atoms. The Morgan fingerprint density at radius 3 is 2.72 bits per heavy atom. The molecule has 0 aromatic heterocycles. The van der Waals surface area contributed by atoms with Crippen molar-refractivity contribution in [1.82, 2.24) is 5.32 Å². The largest absolute Gasteiger partial charge is 0.307 e. The van der Waals surface area contributed by atoms with E-state index in [0.717, 1.165) is 11.1 Å². The number of ketones is 1. The van der Waals surface area contributed by atoms with Crippen LogP contribution in [0.25, 0.3) is 0 Å². The molecule has 1 saturated carbocycles. The van der Waals surface area contributed by atoms with Gasteiger partial charge >= 0.3 is 0 Å². The van der Waals surface area contributed by atoms with Crippen molar-refractivity contribution in [3.05, 3.63) is 34.3 Å². The first-order valence-corrected chi connectivity index (χ1v) is 7.07. The highest BCUT2D eigenvalue weighted by Gasteiger charge is 2.14. The Kier molecular flexibility index (Phi) is 4.79. The fourth-order valence-corrected chi connectivity index (χ4v) is 2.58. The third-order valence-electron chi connectivity index (χ3n) is 3.64. The Morgan fingerprint density at radius 1 is 1.33 bits per heavy atom. The van der Waals surface area contributed by atoms with Gasteiger partial charge in [-0.2, -0.15) is 0 Å². The van der Waals surface area contributed by atoms with Gasteiger partial charge in [-0.25, -0.2) is 0 Å². The topological polar surface area (TPSA) is 29.1 Å². The minimum atomic E-state index is 0.153. The van der Waals surface area contributed by atoms with Gasteiger partial charge in [0.25, 0.3) is 0 Å². The molecule has 2 nitrogen and oxygen atoms in total. The van der Waals surface area contributed by atoms with Gasteiger partial charge in [-0.3, -0.25) is 4.79 Å². The molecule has 1 aromatic rings. The average Bonchev–Trinajstić information content (AvgIpc) is 2.40. The van der Waals surface area contributed by atoms with Gasteiger partial charge in [0, 0.05) is 16.6 Å². The van der Waals surface area contributed by atoms with E-state index in [0.29, 0.717) is 17.6 Å². The zero-order valence-electron chi connectivity index (χ0n) is 10.8. The second-order valence-corrected chi connectivity index (χ2v) is 5.51. The van der Waals surface area contributed by atoms with Crippen LogP contribution in [0.5, 0.6) is 0 Å². The van der Waals surface area contributed by atoms with Crippen molar-refractivity contribution in [3.8, 4) is 0 Å². The molecule has 0 atom stereocenters. The molecule has 0 radical (unpaired) electrons. The molecular formula is C15H20ClNO. The maximum absolute atomic E-state index is 12.0. The third-order valence-corrected chi connectivity index (χ3v) is 4.06. The van der Waals surface area contributed by atoms with E-state index in [1.165, 1.54) is 32.1 Å². The van der Waals surface area contributed by atoms with Crippen molar-refractivity contribution in [2.75, 3.05) is 6.54 Å². The van der Waals surface area contributed by atoms with Gasteiger partial charge in [0.05, 0.1) is 6.54 Å². The second kappa shape index (κ2) is 6.35. The summed E-state index contributed by atoms with van der Waals surface area (Å²) in [6.45, 7) is 2.36. The first-order chi connectivity index (χ1) is 8.66. The molecule has 1 fully saturated rings. The van der Waals surface area contributed by atoms with Crippen LogP contribution < -0.4 is 5.32 Å². The lowest BCUT2D eigenvalue weighted by atomic mass is 9.95. The number of carbonyl (C=O) groups is 1. The van der Waals surface area contributed by atoms with Crippen molar-refractivity contribution in [2.24, 2.45) is 0 Å². The van der Waals surface area contributed by atoms with Crippen molar-refractivity contribution in [2.45, 2.75) is 45.1 Å². The number of rotatable bonds is 4. The summed E-state index contributed by atoms with van der Waals surface area (Å²) in [6.07, 6.45) is 6.31. The summed E-state index contributed by atoms with van der Waals surface area (Å²) in [4.78, 5) is 12.0. The third kappa shape index (κ3) is 3.56. The van der Waals surface area contributed by atoms with Gasteiger partial charge in [-0.1, -0.05) is 30.9 Å². The first-order valence-electron chi connectivity index (χ1n) is 6.69. The fraction of sp³-hybridized carbons (Fsp3) is 0.533. The van der Waals surface area contributed by atoms with Crippen molar-refractivity contribution >= 4 is 17.4 Å². The Labute approximate surface area is 114 Å². The van der Waals surface area contributed by atoms with Gasteiger partial charge in [0.15, 0.2) is 5.78 Å². The Hall–Kier alpha value is -0.860. The molecule has 2 rings (SSSR count). The lowest BCUT2D eigenvalue weighted by Gasteiger charge is -2.22. The summed E-state index contributed by atoms with van der Waals surface area (Å²) < 4.78 is 0. The molecule has 98 valence electrons. The SMILES string of the molecule is Cc1cc(C(=O)CNC2CCCCC2)ccc1Cl. The van der Waals surface area contributed by atoms with Gasteiger partial charge in [0.2, 0.25) is 0 Å². The number of benzene rings is 1. The fourth-order valence-electron chi connectivity index (χ4n) is 2.46. The first kappa shape index (κ1) is 13.6. The molecule has 1 N–H and O–H groups in total. The second-order valence-electron chi connectivity index (χ2n) is 5.10. The molecule has 1 aliphatic carbocycles. The van der Waals surface area contributed by atoms with E-state index in [9.17, 15) is 4.79 Å². The number of hydrogen-bond donors (Lipinski definition) is 1. The molecule has 3 heteroatoms. The summed E-state index contributed by atoms with van der Waals surface area (Å²) >= 11 is 5.96. The van der Waals surface area contributed by atoms with Crippen molar-refractivity contribution < 1.29 is 4.79 Å². The Balaban J connectivity index is 1.88. The number of nitrogens with one attached hydrogen (secondary N) is 1. The molecule has 0 saturated heterocycles. The van der Waals surface area contributed by atoms with Crippen LogP contribution in [-0.4, -0.2) is 18.4 Å². The summed E-state index contributed by atoms with van der Waals surface area (Å²) in [5.74, 6) is 0.153. The lowest BCUT2D eigenvalue weighted by molar-refractivity contribution is 0.0984. The predicted molar refractivity (Wildman–Crippen MR) is 75.4 cm³/mol. The van der Waals surface area contributed by atoms with E-state index in [1.807, 2.05) is 13.0 Å². The number of hydrogen-bond acceptors (Lipinski definition) is 2. The molecule has 0 heterocycles. The molecule has 0 bridgehead atoms. The number of Topliss-reactive ketones (excluding diaryl/α,β-unsaturated/α-hetero) is 1. The van der Waals surface area contributed by atoms with Crippen LogP contribution in [0.3, 0.4) is 0 Å². The van der Waals surface area contributed by atoms with E-state index in [-0.39, 0.29) is 5.78 Å². The molecule has 0 unspecified atom stereocenters. The quantitative estimate of drug-likeness (QED) is 0.840. The minimum Gasteiger partial charge on any atom is -0.307 e. The van der Waals surface area contributed by atoms with E-state index >= 15 is 0 Å². The molecule has 0 aliphatic heterocycles. The maximum atomic E-state index is 12.0. The summed E-state index contributed by atoms with van der Waals surface area (Å²) in [5, 5.41) is 4.09. The molecule has 0 amide bonds. The zero-order chi connectivity index (χ0) is 13.0. The lowest BCUT2D eigenvalue weighted by Crippen LogP contribution is -2.35. The van der Waals surface area contributed by atoms with E-state index in [1.54, 1.807) is 12.1 Å². The summed E-state index contributed by atoms with van der Waals surface area (Å²) in [6, 6.07) is 5.99. The van der Waals surface area contributed by atoms with Crippen LogP contribution in [0.15, 0.2) is 18.2 Å². The van der Waals surface area contributed by atoms with Crippen molar-refractivity contribution in [1.29, 1.82) is 0 Å². The summed E-state index contributed by atoms with van der Waals surface area (Å²) in [5.41, 5.74) is 1.71. The zero-order valence-corrected chi connectivity index (χ0v) is 11.6. The van der Waals surface area contributed by atoms with Gasteiger partial charge in [-0.05, 0) is 43.5 Å². The highest BCUT2D eigenvalue weighted by molar-refractivity contribution is 6.31. The molecule has 0 spiro atoms. The molecular weight excluding hydrogens is 246 g/mol. The maximum Gasteiger partial charge on any atom is 0.176 e. The van der Waals surface area contributed by atoms with Crippen LogP contribution in [0.4, 0.5) is 0 Å². The molecule has 1 aliphatic rings. The monoisotopic (exact) mass is 265 g/mol. The average molecular weight is 266 g/mol. The van der Waals surface area contributed by atoms with Gasteiger partial charge in [-0.15, -0.1) is 0 Å². The van der Waals surface area contributed by atoms with Crippen LogP contribution in [0, 0.1) is 6.92 Å². The normalized spacial score (nSPS) is 16.8. The molecule has 1 aromatic carbocycles. The summed E-state index contributed by atoms with van der Waals surface area (Å²) in [7, 11) is 0. The smallest absolute Gasteiger partial charge is 0.176 e. The minimum absolute atomic E-state index is 0.153. The highest BCUT2D eigenvalue weighted by atomic mass is 35.5. The number of halogens is 1. The van der Waals surface area contributed by atoms with E-state index < -0.39 is 0 Å². The van der Waals surface area contributed by atoms with Crippen LogP contribution in [0.2, 0.25) is 5.02 Å².